The molecule has 1 heterocycles. The van der Waals surface area contributed by atoms with E-state index in [0.717, 1.165) is 44.4 Å². The summed E-state index contributed by atoms with van der Waals surface area (Å²) in [4.78, 5) is 0. The first-order valence-electron chi connectivity index (χ1n) is 8.08. The molecule has 0 bridgehead atoms. The van der Waals surface area contributed by atoms with Crippen LogP contribution in [0.15, 0.2) is 0 Å². The Morgan fingerprint density at radius 2 is 1.84 bits per heavy atom. The Morgan fingerprint density at radius 3 is 2.37 bits per heavy atom. The van der Waals surface area contributed by atoms with Gasteiger partial charge in [0.05, 0.1) is 5.60 Å². The van der Waals surface area contributed by atoms with Gasteiger partial charge in [-0.1, -0.05) is 26.7 Å². The molecule has 112 valence electrons. The van der Waals surface area contributed by atoms with Crippen LogP contribution < -0.4 is 5.32 Å². The molecule has 1 aliphatic heterocycles. The number of ether oxygens (including phenoxy) is 2. The molecule has 3 nitrogen and oxygen atoms in total. The normalized spacial score (nSPS) is 33.0. The van der Waals surface area contributed by atoms with Crippen molar-refractivity contribution in [3.63, 3.8) is 0 Å². The summed E-state index contributed by atoms with van der Waals surface area (Å²) in [6.07, 6.45) is 7.53. The Kier molecular flexibility index (Phi) is 5.67. The summed E-state index contributed by atoms with van der Waals surface area (Å²) in [6, 6.07) is 0.499. The Balaban J connectivity index is 2.08. The fraction of sp³-hybridized carbons (Fsp3) is 1.00. The largest absolute Gasteiger partial charge is 0.381 e. The predicted molar refractivity (Wildman–Crippen MR) is 78.4 cm³/mol. The molecule has 1 atom stereocenters. The fourth-order valence-corrected chi connectivity index (χ4v) is 3.98. The van der Waals surface area contributed by atoms with Crippen LogP contribution in [0.1, 0.15) is 52.4 Å². The summed E-state index contributed by atoms with van der Waals surface area (Å²) in [5, 5.41) is 3.75. The van der Waals surface area contributed by atoms with Crippen molar-refractivity contribution in [3.8, 4) is 0 Å². The number of hydrogen-bond donors (Lipinski definition) is 1. The van der Waals surface area contributed by atoms with Crippen LogP contribution in [-0.2, 0) is 9.47 Å². The van der Waals surface area contributed by atoms with E-state index in [1.807, 2.05) is 7.11 Å². The van der Waals surface area contributed by atoms with Crippen molar-refractivity contribution in [3.05, 3.63) is 0 Å². The molecule has 1 unspecified atom stereocenters. The minimum Gasteiger partial charge on any atom is -0.381 e. The maximum atomic E-state index is 6.03. The first-order valence-corrected chi connectivity index (χ1v) is 8.08. The van der Waals surface area contributed by atoms with Crippen molar-refractivity contribution in [2.75, 3.05) is 26.9 Å². The van der Waals surface area contributed by atoms with Crippen molar-refractivity contribution >= 4 is 0 Å². The third-order valence-corrected chi connectivity index (χ3v) is 5.27. The summed E-state index contributed by atoms with van der Waals surface area (Å²) >= 11 is 0. The standard InChI is InChI=1S/C16H31NO2/c1-4-17-15(14-7-5-13(2)6-8-14)16(18-3)9-11-19-12-10-16/h13-15,17H,4-12H2,1-3H3. The van der Waals surface area contributed by atoms with Gasteiger partial charge in [0.25, 0.3) is 0 Å². The lowest BCUT2D eigenvalue weighted by Gasteiger charge is -2.47. The summed E-state index contributed by atoms with van der Waals surface area (Å²) in [6.45, 7) is 7.32. The summed E-state index contributed by atoms with van der Waals surface area (Å²) < 4.78 is 11.6. The van der Waals surface area contributed by atoms with Gasteiger partial charge in [0.15, 0.2) is 0 Å². The second kappa shape index (κ2) is 7.05. The highest BCUT2D eigenvalue weighted by molar-refractivity contribution is 4.99. The van der Waals surface area contributed by atoms with E-state index >= 15 is 0 Å². The van der Waals surface area contributed by atoms with Gasteiger partial charge in [-0.05, 0) is 31.2 Å². The number of likely N-dealkylation sites (N-methyl/N-ethyl adjacent to an activating group) is 1. The zero-order chi connectivity index (χ0) is 13.7. The average Bonchev–Trinajstić information content (AvgIpc) is 2.47. The number of methoxy groups -OCH3 is 1. The summed E-state index contributed by atoms with van der Waals surface area (Å²) in [7, 11) is 1.89. The van der Waals surface area contributed by atoms with Crippen LogP contribution >= 0.6 is 0 Å². The quantitative estimate of drug-likeness (QED) is 0.832. The summed E-state index contributed by atoms with van der Waals surface area (Å²) in [5.74, 6) is 1.68. The monoisotopic (exact) mass is 269 g/mol. The molecular formula is C16H31NO2. The lowest BCUT2D eigenvalue weighted by Crippen LogP contribution is -2.58. The van der Waals surface area contributed by atoms with Crippen LogP contribution in [0.4, 0.5) is 0 Å². The molecule has 2 fully saturated rings. The van der Waals surface area contributed by atoms with Crippen LogP contribution in [-0.4, -0.2) is 38.5 Å². The van der Waals surface area contributed by atoms with Crippen LogP contribution in [0.5, 0.6) is 0 Å². The molecule has 3 heteroatoms. The van der Waals surface area contributed by atoms with Gasteiger partial charge in [-0.15, -0.1) is 0 Å². The first kappa shape index (κ1) is 15.3. The second-order valence-electron chi connectivity index (χ2n) is 6.44. The minimum absolute atomic E-state index is 0.000491. The van der Waals surface area contributed by atoms with Gasteiger partial charge in [-0.25, -0.2) is 0 Å². The van der Waals surface area contributed by atoms with E-state index in [-0.39, 0.29) is 5.60 Å². The Bertz CT molecular complexity index is 255. The fourth-order valence-electron chi connectivity index (χ4n) is 3.98. The molecule has 19 heavy (non-hydrogen) atoms. The number of rotatable bonds is 5. The lowest BCUT2D eigenvalue weighted by atomic mass is 9.71. The van der Waals surface area contributed by atoms with Crippen molar-refractivity contribution < 1.29 is 9.47 Å². The Hall–Kier alpha value is -0.120. The first-order chi connectivity index (χ1) is 9.22. The van der Waals surface area contributed by atoms with E-state index in [2.05, 4.69) is 19.2 Å². The summed E-state index contributed by atoms with van der Waals surface area (Å²) in [5.41, 5.74) is -0.000491. The molecular weight excluding hydrogens is 238 g/mol. The highest BCUT2D eigenvalue weighted by Gasteiger charge is 2.44. The van der Waals surface area contributed by atoms with E-state index < -0.39 is 0 Å². The third-order valence-electron chi connectivity index (χ3n) is 5.27. The SMILES string of the molecule is CCNC(C1CCC(C)CC1)C1(OC)CCOCC1. The van der Waals surface area contributed by atoms with E-state index in [4.69, 9.17) is 9.47 Å². The molecule has 1 saturated carbocycles. The van der Waals surface area contributed by atoms with Crippen LogP contribution in [0.3, 0.4) is 0 Å². The van der Waals surface area contributed by atoms with Gasteiger partial charge in [-0.2, -0.15) is 0 Å². The third kappa shape index (κ3) is 3.50. The zero-order valence-corrected chi connectivity index (χ0v) is 12.9. The molecule has 0 aromatic carbocycles. The predicted octanol–water partition coefficient (Wildman–Crippen LogP) is 2.99. The minimum atomic E-state index is -0.000491. The van der Waals surface area contributed by atoms with Crippen LogP contribution in [0, 0.1) is 11.8 Å². The smallest absolute Gasteiger partial charge is 0.0877 e. The topological polar surface area (TPSA) is 30.5 Å². The van der Waals surface area contributed by atoms with Crippen LogP contribution in [0.2, 0.25) is 0 Å². The average molecular weight is 269 g/mol. The van der Waals surface area contributed by atoms with Crippen molar-refractivity contribution in [2.24, 2.45) is 11.8 Å². The van der Waals surface area contributed by atoms with Gasteiger partial charge in [-0.3, -0.25) is 0 Å². The van der Waals surface area contributed by atoms with Crippen molar-refractivity contribution in [2.45, 2.75) is 64.0 Å². The molecule has 1 aliphatic carbocycles. The maximum Gasteiger partial charge on any atom is 0.0877 e. The molecule has 2 aliphatic rings. The highest BCUT2D eigenvalue weighted by Crippen LogP contribution is 2.39. The highest BCUT2D eigenvalue weighted by atomic mass is 16.5. The van der Waals surface area contributed by atoms with E-state index in [9.17, 15) is 0 Å². The van der Waals surface area contributed by atoms with Gasteiger partial charge >= 0.3 is 0 Å². The zero-order valence-electron chi connectivity index (χ0n) is 12.9. The lowest BCUT2D eigenvalue weighted by molar-refractivity contribution is -0.123. The van der Waals surface area contributed by atoms with Crippen LogP contribution in [0.25, 0.3) is 0 Å². The maximum absolute atomic E-state index is 6.03. The molecule has 0 amide bonds. The Labute approximate surface area is 118 Å². The number of nitrogens with one attached hydrogen (secondary N) is 1. The van der Waals surface area contributed by atoms with Gasteiger partial charge < -0.3 is 14.8 Å². The van der Waals surface area contributed by atoms with Crippen molar-refractivity contribution in [1.82, 2.24) is 5.32 Å². The molecule has 0 aromatic rings. The number of hydrogen-bond acceptors (Lipinski definition) is 3. The van der Waals surface area contributed by atoms with E-state index in [0.29, 0.717) is 6.04 Å². The Morgan fingerprint density at radius 1 is 1.21 bits per heavy atom. The molecule has 1 saturated heterocycles. The van der Waals surface area contributed by atoms with Gasteiger partial charge in [0.1, 0.15) is 0 Å². The van der Waals surface area contributed by atoms with Crippen molar-refractivity contribution in [1.29, 1.82) is 0 Å². The molecule has 0 aromatic heterocycles. The van der Waals surface area contributed by atoms with E-state index in [1.165, 1.54) is 25.7 Å². The molecule has 1 N–H and O–H groups in total. The molecule has 0 spiro atoms. The molecule has 2 rings (SSSR count). The van der Waals surface area contributed by atoms with E-state index in [1.54, 1.807) is 0 Å². The second-order valence-corrected chi connectivity index (χ2v) is 6.44. The molecule has 0 radical (unpaired) electrons. The van der Waals surface area contributed by atoms with Gasteiger partial charge in [0, 0.05) is 39.2 Å². The van der Waals surface area contributed by atoms with Gasteiger partial charge in [0.2, 0.25) is 0 Å².